The number of aromatic nitrogens is 4. The Kier molecular flexibility index (Phi) is 3.97. The molecule has 0 aliphatic rings. The molecule has 0 unspecified atom stereocenters. The van der Waals surface area contributed by atoms with E-state index in [2.05, 4.69) is 52.0 Å². The summed E-state index contributed by atoms with van der Waals surface area (Å²) in [5, 5.41) is 20.1. The normalized spacial score (nSPS) is 11.9. The molecule has 3 N–H and O–H groups in total. The highest BCUT2D eigenvalue weighted by Crippen LogP contribution is 1.96. The first-order valence-electron chi connectivity index (χ1n) is 4.76. The second-order valence-corrected chi connectivity index (χ2v) is 4.18. The van der Waals surface area contributed by atoms with Gasteiger partial charge in [0.05, 0.1) is 6.54 Å². The summed E-state index contributed by atoms with van der Waals surface area (Å²) in [4.78, 5) is 0. The van der Waals surface area contributed by atoms with Gasteiger partial charge in [0, 0.05) is 18.6 Å². The van der Waals surface area contributed by atoms with Gasteiger partial charge in [-0.05, 0) is 20.8 Å². The molecule has 0 aliphatic carbocycles. The molecule has 0 saturated carbocycles. The van der Waals surface area contributed by atoms with Crippen molar-refractivity contribution in [1.29, 1.82) is 0 Å². The fourth-order valence-corrected chi connectivity index (χ4v) is 0.983. The van der Waals surface area contributed by atoms with Crippen molar-refractivity contribution in [3.05, 3.63) is 5.82 Å². The highest BCUT2D eigenvalue weighted by molar-refractivity contribution is 4.75. The average Bonchev–Trinajstić information content (AvgIpc) is 2.54. The summed E-state index contributed by atoms with van der Waals surface area (Å²) in [7, 11) is 0. The molecule has 0 bridgehead atoms. The van der Waals surface area contributed by atoms with Crippen LogP contribution in [0.15, 0.2) is 0 Å². The maximum Gasteiger partial charge on any atom is 0.188 e. The van der Waals surface area contributed by atoms with Crippen LogP contribution in [0.2, 0.25) is 0 Å². The van der Waals surface area contributed by atoms with Crippen LogP contribution in [0.25, 0.3) is 0 Å². The zero-order chi connectivity index (χ0) is 10.4. The Morgan fingerprint density at radius 3 is 2.64 bits per heavy atom. The third-order valence-corrected chi connectivity index (χ3v) is 1.63. The molecule has 80 valence electrons. The Labute approximate surface area is 83.9 Å². The van der Waals surface area contributed by atoms with Crippen LogP contribution in [0.1, 0.15) is 26.6 Å². The number of hydrogen-bond donors (Lipinski definition) is 3. The quantitative estimate of drug-likeness (QED) is 0.565. The second-order valence-electron chi connectivity index (χ2n) is 4.18. The Hall–Kier alpha value is -1.01. The first-order valence-corrected chi connectivity index (χ1v) is 4.76. The van der Waals surface area contributed by atoms with Crippen LogP contribution in [0.4, 0.5) is 0 Å². The van der Waals surface area contributed by atoms with E-state index in [0.717, 1.165) is 13.1 Å². The molecular formula is C8H18N6. The highest BCUT2D eigenvalue weighted by Gasteiger charge is 2.06. The van der Waals surface area contributed by atoms with Gasteiger partial charge >= 0.3 is 0 Å². The second kappa shape index (κ2) is 5.02. The monoisotopic (exact) mass is 198 g/mol. The summed E-state index contributed by atoms with van der Waals surface area (Å²) in [5.74, 6) is 0.695. The summed E-state index contributed by atoms with van der Waals surface area (Å²) < 4.78 is 0. The van der Waals surface area contributed by atoms with Crippen molar-refractivity contribution in [3.63, 3.8) is 0 Å². The molecule has 0 fully saturated rings. The van der Waals surface area contributed by atoms with Gasteiger partial charge in [0.1, 0.15) is 0 Å². The molecule has 0 atom stereocenters. The fraction of sp³-hybridized carbons (Fsp3) is 0.875. The van der Waals surface area contributed by atoms with Gasteiger partial charge in [-0.1, -0.05) is 5.21 Å². The summed E-state index contributed by atoms with van der Waals surface area (Å²) in [6, 6.07) is 0. The molecule has 0 radical (unpaired) electrons. The summed E-state index contributed by atoms with van der Waals surface area (Å²) >= 11 is 0. The van der Waals surface area contributed by atoms with Gasteiger partial charge in [-0.15, -0.1) is 10.2 Å². The van der Waals surface area contributed by atoms with Crippen molar-refractivity contribution in [1.82, 2.24) is 31.3 Å². The van der Waals surface area contributed by atoms with Crippen LogP contribution in [0, 0.1) is 0 Å². The van der Waals surface area contributed by atoms with E-state index in [4.69, 9.17) is 0 Å². The van der Waals surface area contributed by atoms with Crippen molar-refractivity contribution in [2.24, 2.45) is 0 Å². The molecule has 0 amide bonds. The zero-order valence-corrected chi connectivity index (χ0v) is 8.96. The number of nitrogens with zero attached hydrogens (tertiary/aromatic N) is 3. The first kappa shape index (κ1) is 11.1. The lowest BCUT2D eigenvalue weighted by Gasteiger charge is -2.20. The van der Waals surface area contributed by atoms with Crippen LogP contribution in [0.3, 0.4) is 0 Å². The number of nitrogens with one attached hydrogen (secondary N) is 3. The molecule has 1 rings (SSSR count). The zero-order valence-electron chi connectivity index (χ0n) is 8.96. The fourth-order valence-electron chi connectivity index (χ4n) is 0.983. The van der Waals surface area contributed by atoms with Gasteiger partial charge in [0.15, 0.2) is 5.82 Å². The molecule has 1 aromatic rings. The lowest BCUT2D eigenvalue weighted by Crippen LogP contribution is -2.40. The lowest BCUT2D eigenvalue weighted by atomic mass is 10.1. The topological polar surface area (TPSA) is 78.5 Å². The predicted molar refractivity (Wildman–Crippen MR) is 53.6 cm³/mol. The Morgan fingerprint density at radius 2 is 2.07 bits per heavy atom. The number of H-pyrrole nitrogens is 1. The van der Waals surface area contributed by atoms with Crippen LogP contribution in [0.5, 0.6) is 0 Å². The van der Waals surface area contributed by atoms with E-state index in [9.17, 15) is 0 Å². The van der Waals surface area contributed by atoms with Crippen LogP contribution in [-0.4, -0.2) is 39.3 Å². The van der Waals surface area contributed by atoms with E-state index in [1.807, 2.05) is 0 Å². The summed E-state index contributed by atoms with van der Waals surface area (Å²) in [6.45, 7) is 8.92. The minimum atomic E-state index is 0.174. The number of hydrogen-bond acceptors (Lipinski definition) is 5. The van der Waals surface area contributed by atoms with Gasteiger partial charge in [0.2, 0.25) is 0 Å². The maximum atomic E-state index is 3.83. The van der Waals surface area contributed by atoms with E-state index in [-0.39, 0.29) is 5.54 Å². The standard InChI is InChI=1S/C8H18N6/c1-8(2,3)10-5-4-9-6-7-11-13-14-12-7/h9-10H,4-6H2,1-3H3,(H,11,12,13,14). The van der Waals surface area contributed by atoms with Gasteiger partial charge in [0.25, 0.3) is 0 Å². The number of aromatic amines is 1. The smallest absolute Gasteiger partial charge is 0.188 e. The van der Waals surface area contributed by atoms with Gasteiger partial charge in [-0.2, -0.15) is 5.21 Å². The van der Waals surface area contributed by atoms with Crippen LogP contribution in [-0.2, 0) is 6.54 Å². The van der Waals surface area contributed by atoms with Crippen molar-refractivity contribution in [3.8, 4) is 0 Å². The Balaban J connectivity index is 2.00. The minimum absolute atomic E-state index is 0.174. The SMILES string of the molecule is CC(C)(C)NCCNCc1nn[nH]n1. The Bertz CT molecular complexity index is 237. The van der Waals surface area contributed by atoms with Crippen molar-refractivity contribution >= 4 is 0 Å². The molecule has 6 nitrogen and oxygen atoms in total. The molecule has 1 aromatic heterocycles. The summed E-state index contributed by atoms with van der Waals surface area (Å²) in [6.07, 6.45) is 0. The third kappa shape index (κ3) is 4.88. The Morgan fingerprint density at radius 1 is 1.29 bits per heavy atom. The number of rotatable bonds is 5. The van der Waals surface area contributed by atoms with E-state index in [0.29, 0.717) is 12.4 Å². The maximum absolute atomic E-state index is 3.83. The average molecular weight is 198 g/mol. The van der Waals surface area contributed by atoms with E-state index in [1.54, 1.807) is 0 Å². The third-order valence-electron chi connectivity index (χ3n) is 1.63. The summed E-state index contributed by atoms with van der Waals surface area (Å²) in [5.41, 5.74) is 0.174. The van der Waals surface area contributed by atoms with Crippen LogP contribution < -0.4 is 10.6 Å². The lowest BCUT2D eigenvalue weighted by molar-refractivity contribution is 0.421. The first-order chi connectivity index (χ1) is 6.58. The van der Waals surface area contributed by atoms with E-state index < -0.39 is 0 Å². The molecule has 14 heavy (non-hydrogen) atoms. The molecule has 0 saturated heterocycles. The highest BCUT2D eigenvalue weighted by atomic mass is 15.5. The molecule has 6 heteroatoms. The molecule has 0 aromatic carbocycles. The molecule has 1 heterocycles. The van der Waals surface area contributed by atoms with Crippen molar-refractivity contribution in [2.75, 3.05) is 13.1 Å². The van der Waals surface area contributed by atoms with Crippen molar-refractivity contribution < 1.29 is 0 Å². The van der Waals surface area contributed by atoms with Crippen LogP contribution >= 0.6 is 0 Å². The number of tetrazole rings is 1. The molecular weight excluding hydrogens is 180 g/mol. The van der Waals surface area contributed by atoms with E-state index in [1.165, 1.54) is 0 Å². The predicted octanol–water partition coefficient (Wildman–Crippen LogP) is -0.323. The largest absolute Gasteiger partial charge is 0.311 e. The van der Waals surface area contributed by atoms with Gasteiger partial charge < -0.3 is 10.6 Å². The van der Waals surface area contributed by atoms with Gasteiger partial charge in [-0.3, -0.25) is 0 Å². The minimum Gasteiger partial charge on any atom is -0.311 e. The van der Waals surface area contributed by atoms with Gasteiger partial charge in [-0.25, -0.2) is 0 Å². The van der Waals surface area contributed by atoms with E-state index >= 15 is 0 Å². The molecule has 0 aliphatic heterocycles. The molecule has 0 spiro atoms. The van der Waals surface area contributed by atoms with Crippen molar-refractivity contribution in [2.45, 2.75) is 32.9 Å².